The van der Waals surface area contributed by atoms with E-state index in [9.17, 15) is 14.4 Å². The number of hydrogen-bond donors (Lipinski definition) is 3. The van der Waals surface area contributed by atoms with Gasteiger partial charge in [-0.1, -0.05) is 42.5 Å². The van der Waals surface area contributed by atoms with Gasteiger partial charge in [-0.25, -0.2) is 4.79 Å². The molecule has 0 heterocycles. The molecule has 0 aliphatic rings. The summed E-state index contributed by atoms with van der Waals surface area (Å²) in [5, 5.41) is 14.3. The van der Waals surface area contributed by atoms with Crippen LogP contribution in [0.25, 0.3) is 0 Å². The van der Waals surface area contributed by atoms with Crippen molar-refractivity contribution in [2.45, 2.75) is 38.8 Å². The average molecular weight is 318 g/mol. The van der Waals surface area contributed by atoms with Gasteiger partial charge >= 0.3 is 5.97 Å². The third-order valence-electron chi connectivity index (χ3n) is 3.21. The van der Waals surface area contributed by atoms with Crippen molar-refractivity contribution in [1.82, 2.24) is 10.6 Å². The standard InChI is InChI=1S/C17H22N2O4/c1-3-4-10-14(17(22)23)19-16(21)11-15(18-12(2)20)13-8-6-5-7-9-13/h3-9,14-15H,10-11H2,1-2H3,(H,18,20)(H,19,21)(H,22,23)/b4-3+. The Bertz CT molecular complexity index is 569. The smallest absolute Gasteiger partial charge is 0.326 e. The van der Waals surface area contributed by atoms with Gasteiger partial charge in [0.25, 0.3) is 0 Å². The molecule has 0 aromatic heterocycles. The highest BCUT2D eigenvalue weighted by molar-refractivity contribution is 5.84. The number of carbonyl (C=O) groups is 3. The van der Waals surface area contributed by atoms with Gasteiger partial charge in [0, 0.05) is 6.92 Å². The molecule has 2 amide bonds. The third kappa shape index (κ3) is 6.78. The van der Waals surface area contributed by atoms with Crippen molar-refractivity contribution in [2.24, 2.45) is 0 Å². The lowest BCUT2D eigenvalue weighted by Crippen LogP contribution is -2.42. The van der Waals surface area contributed by atoms with E-state index in [1.54, 1.807) is 19.1 Å². The van der Waals surface area contributed by atoms with Gasteiger partial charge in [0.2, 0.25) is 11.8 Å². The first-order valence-corrected chi connectivity index (χ1v) is 7.39. The minimum absolute atomic E-state index is 0.0246. The molecule has 1 rings (SSSR count). The van der Waals surface area contributed by atoms with Crippen LogP contribution in [0, 0.1) is 0 Å². The monoisotopic (exact) mass is 318 g/mol. The van der Waals surface area contributed by atoms with E-state index in [0.717, 1.165) is 5.56 Å². The number of amides is 2. The molecular formula is C17H22N2O4. The minimum atomic E-state index is -1.09. The van der Waals surface area contributed by atoms with Crippen LogP contribution in [0.2, 0.25) is 0 Å². The second-order valence-electron chi connectivity index (χ2n) is 5.13. The molecule has 0 saturated carbocycles. The van der Waals surface area contributed by atoms with E-state index in [2.05, 4.69) is 10.6 Å². The predicted octanol–water partition coefficient (Wildman–Crippen LogP) is 1.79. The lowest BCUT2D eigenvalue weighted by Gasteiger charge is -2.19. The molecule has 0 fully saturated rings. The first-order chi connectivity index (χ1) is 10.9. The fraction of sp³-hybridized carbons (Fsp3) is 0.353. The van der Waals surface area contributed by atoms with Crippen molar-refractivity contribution in [3.05, 3.63) is 48.0 Å². The number of benzene rings is 1. The summed E-state index contributed by atoms with van der Waals surface area (Å²) < 4.78 is 0. The van der Waals surface area contributed by atoms with E-state index in [1.165, 1.54) is 6.92 Å². The van der Waals surface area contributed by atoms with Crippen molar-refractivity contribution in [3.8, 4) is 0 Å². The Kier molecular flexibility index (Phi) is 7.53. The van der Waals surface area contributed by atoms with Crippen LogP contribution in [0.1, 0.15) is 38.3 Å². The Morgan fingerprint density at radius 3 is 2.35 bits per heavy atom. The molecule has 0 aliphatic carbocycles. The summed E-state index contributed by atoms with van der Waals surface area (Å²) in [5.74, 6) is -1.77. The molecule has 0 spiro atoms. The quantitative estimate of drug-likeness (QED) is 0.637. The summed E-state index contributed by atoms with van der Waals surface area (Å²) in [6.07, 6.45) is 3.60. The highest BCUT2D eigenvalue weighted by atomic mass is 16.4. The Balaban J connectivity index is 2.76. The van der Waals surface area contributed by atoms with Gasteiger partial charge in [-0.15, -0.1) is 0 Å². The average Bonchev–Trinajstić information content (AvgIpc) is 2.51. The van der Waals surface area contributed by atoms with Gasteiger partial charge in [-0.05, 0) is 18.9 Å². The Labute approximate surface area is 135 Å². The molecule has 0 aliphatic heterocycles. The van der Waals surface area contributed by atoms with Crippen LogP contribution < -0.4 is 10.6 Å². The van der Waals surface area contributed by atoms with E-state index in [1.807, 2.05) is 30.3 Å². The zero-order valence-corrected chi connectivity index (χ0v) is 13.3. The van der Waals surface area contributed by atoms with Crippen LogP contribution in [0.15, 0.2) is 42.5 Å². The van der Waals surface area contributed by atoms with Crippen LogP contribution >= 0.6 is 0 Å². The summed E-state index contributed by atoms with van der Waals surface area (Å²) in [7, 11) is 0. The van der Waals surface area contributed by atoms with Crippen molar-refractivity contribution in [2.75, 3.05) is 0 Å². The highest BCUT2D eigenvalue weighted by Crippen LogP contribution is 2.16. The number of hydrogen-bond acceptors (Lipinski definition) is 3. The van der Waals surface area contributed by atoms with E-state index >= 15 is 0 Å². The Hall–Kier alpha value is -2.63. The second kappa shape index (κ2) is 9.40. The number of carbonyl (C=O) groups excluding carboxylic acids is 2. The first-order valence-electron chi connectivity index (χ1n) is 7.39. The van der Waals surface area contributed by atoms with E-state index in [0.29, 0.717) is 0 Å². The highest BCUT2D eigenvalue weighted by Gasteiger charge is 2.22. The van der Waals surface area contributed by atoms with Crippen LogP contribution in [-0.4, -0.2) is 28.9 Å². The normalized spacial score (nSPS) is 13.3. The summed E-state index contributed by atoms with van der Waals surface area (Å²) >= 11 is 0. The molecular weight excluding hydrogens is 296 g/mol. The second-order valence-corrected chi connectivity index (χ2v) is 5.13. The zero-order chi connectivity index (χ0) is 17.2. The molecule has 124 valence electrons. The lowest BCUT2D eigenvalue weighted by atomic mass is 10.0. The van der Waals surface area contributed by atoms with Gasteiger partial charge < -0.3 is 15.7 Å². The van der Waals surface area contributed by atoms with Gasteiger partial charge in [0.05, 0.1) is 12.5 Å². The summed E-state index contributed by atoms with van der Waals surface area (Å²) in [6, 6.07) is 7.61. The topological polar surface area (TPSA) is 95.5 Å². The fourth-order valence-electron chi connectivity index (χ4n) is 2.12. The number of carboxylic acid groups (broad SMARTS) is 1. The molecule has 3 N–H and O–H groups in total. The lowest BCUT2D eigenvalue weighted by molar-refractivity contribution is -0.141. The van der Waals surface area contributed by atoms with Gasteiger partial charge in [0.15, 0.2) is 0 Å². The maximum Gasteiger partial charge on any atom is 0.326 e. The SMILES string of the molecule is C/C=C/CC(NC(=O)CC(NC(C)=O)c1ccccc1)C(=O)O. The molecule has 2 unspecified atom stereocenters. The van der Waals surface area contributed by atoms with Crippen molar-refractivity contribution >= 4 is 17.8 Å². The molecule has 0 saturated heterocycles. The number of carboxylic acids is 1. The molecule has 0 radical (unpaired) electrons. The van der Waals surface area contributed by atoms with Crippen molar-refractivity contribution in [3.63, 3.8) is 0 Å². The minimum Gasteiger partial charge on any atom is -0.480 e. The zero-order valence-electron chi connectivity index (χ0n) is 13.3. The molecule has 0 bridgehead atoms. The van der Waals surface area contributed by atoms with E-state index < -0.39 is 24.0 Å². The fourth-order valence-corrected chi connectivity index (χ4v) is 2.12. The number of rotatable bonds is 8. The summed E-state index contributed by atoms with van der Waals surface area (Å²) in [5.41, 5.74) is 0.790. The first kappa shape index (κ1) is 18.4. The maximum absolute atomic E-state index is 12.1. The van der Waals surface area contributed by atoms with Crippen LogP contribution in [0.4, 0.5) is 0 Å². The van der Waals surface area contributed by atoms with Crippen molar-refractivity contribution in [1.29, 1.82) is 0 Å². The Morgan fingerprint density at radius 1 is 1.17 bits per heavy atom. The van der Waals surface area contributed by atoms with Gasteiger partial charge in [-0.2, -0.15) is 0 Å². The molecule has 2 atom stereocenters. The Morgan fingerprint density at radius 2 is 1.83 bits per heavy atom. The maximum atomic E-state index is 12.1. The van der Waals surface area contributed by atoms with E-state index in [4.69, 9.17) is 5.11 Å². The third-order valence-corrected chi connectivity index (χ3v) is 3.21. The molecule has 1 aromatic carbocycles. The molecule has 6 nitrogen and oxygen atoms in total. The number of nitrogens with one attached hydrogen (secondary N) is 2. The van der Waals surface area contributed by atoms with Crippen LogP contribution in [-0.2, 0) is 14.4 Å². The number of aliphatic carboxylic acids is 1. The van der Waals surface area contributed by atoms with Crippen LogP contribution in [0.3, 0.4) is 0 Å². The molecule has 6 heteroatoms. The predicted molar refractivity (Wildman–Crippen MR) is 86.6 cm³/mol. The molecule has 1 aromatic rings. The van der Waals surface area contributed by atoms with Gasteiger partial charge in [0.1, 0.15) is 6.04 Å². The van der Waals surface area contributed by atoms with Crippen molar-refractivity contribution < 1.29 is 19.5 Å². The molecule has 23 heavy (non-hydrogen) atoms. The van der Waals surface area contributed by atoms with E-state index in [-0.39, 0.29) is 18.7 Å². The number of allylic oxidation sites excluding steroid dienone is 1. The van der Waals surface area contributed by atoms with Gasteiger partial charge in [-0.3, -0.25) is 9.59 Å². The summed E-state index contributed by atoms with van der Waals surface area (Å²) in [6.45, 7) is 3.16. The largest absolute Gasteiger partial charge is 0.480 e. The summed E-state index contributed by atoms with van der Waals surface area (Å²) in [4.78, 5) is 34.6. The van der Waals surface area contributed by atoms with Crippen LogP contribution in [0.5, 0.6) is 0 Å².